The van der Waals surface area contributed by atoms with Gasteiger partial charge in [0.1, 0.15) is 5.75 Å². The number of hydrogen-bond donors (Lipinski definition) is 2. The van der Waals surface area contributed by atoms with Crippen LogP contribution < -0.4 is 19.5 Å². The quantitative estimate of drug-likeness (QED) is 0.309. The Bertz CT molecular complexity index is 1520. The number of rotatable bonds is 9. The second-order valence-electron chi connectivity index (χ2n) is 13.1. The molecule has 10 nitrogen and oxygen atoms in total. The zero-order chi connectivity index (χ0) is 34.0. The summed E-state index contributed by atoms with van der Waals surface area (Å²) in [6.45, 7) is 8.28. The molecule has 2 N–H and O–H groups in total. The monoisotopic (exact) mass is 659 g/mol. The van der Waals surface area contributed by atoms with Crippen LogP contribution in [0.2, 0.25) is 0 Å². The normalized spacial score (nSPS) is 20.8. The van der Waals surface area contributed by atoms with Crippen molar-refractivity contribution in [1.29, 1.82) is 0 Å². The minimum Gasteiger partial charge on any atom is -0.490 e. The molecule has 3 aromatic rings. The first-order valence-electron chi connectivity index (χ1n) is 16.9. The Morgan fingerprint density at radius 2 is 1.77 bits per heavy atom. The van der Waals surface area contributed by atoms with E-state index >= 15 is 0 Å². The molecule has 3 aromatic carbocycles. The van der Waals surface area contributed by atoms with Crippen molar-refractivity contribution in [3.8, 4) is 17.2 Å². The van der Waals surface area contributed by atoms with Crippen LogP contribution in [0.4, 0.5) is 5.69 Å². The number of anilines is 1. The third-order valence-corrected chi connectivity index (χ3v) is 8.92. The van der Waals surface area contributed by atoms with Crippen LogP contribution in [0.3, 0.4) is 0 Å². The number of hydrogen-bond acceptors (Lipinski definition) is 8. The highest BCUT2D eigenvalue weighted by Crippen LogP contribution is 2.33. The molecule has 48 heavy (non-hydrogen) atoms. The first-order chi connectivity index (χ1) is 23.2. The number of ether oxygens (including phenoxy) is 4. The molecule has 0 saturated carbocycles. The average molecular weight is 660 g/mol. The fourth-order valence-electron chi connectivity index (χ4n) is 6.17. The predicted octanol–water partition coefficient (Wildman–Crippen LogP) is 5.52. The van der Waals surface area contributed by atoms with E-state index in [-0.39, 0.29) is 49.8 Å². The van der Waals surface area contributed by atoms with Gasteiger partial charge in [0, 0.05) is 37.8 Å². The number of benzene rings is 3. The van der Waals surface area contributed by atoms with Crippen molar-refractivity contribution in [3.63, 3.8) is 0 Å². The average Bonchev–Trinajstić information content (AvgIpc) is 3.54. The number of nitrogens with zero attached hydrogens (tertiary/aromatic N) is 2. The van der Waals surface area contributed by atoms with Crippen LogP contribution in [0, 0.1) is 5.92 Å². The lowest BCUT2D eigenvalue weighted by atomic mass is 10.0. The lowest BCUT2D eigenvalue weighted by Gasteiger charge is -2.36. The van der Waals surface area contributed by atoms with E-state index in [2.05, 4.69) is 24.2 Å². The highest BCUT2D eigenvalue weighted by atomic mass is 16.7. The molecule has 0 aliphatic carbocycles. The van der Waals surface area contributed by atoms with Crippen LogP contribution in [0.1, 0.15) is 61.5 Å². The zero-order valence-corrected chi connectivity index (χ0v) is 28.5. The summed E-state index contributed by atoms with van der Waals surface area (Å²) in [5.74, 6) is 1.48. The first-order valence-corrected chi connectivity index (χ1v) is 16.9. The van der Waals surface area contributed by atoms with Crippen molar-refractivity contribution in [2.75, 3.05) is 45.5 Å². The maximum atomic E-state index is 14.4. The molecule has 0 aromatic heterocycles. The number of aliphatic hydroxyl groups is 1. The van der Waals surface area contributed by atoms with Gasteiger partial charge in [-0.1, -0.05) is 43.3 Å². The molecule has 0 saturated heterocycles. The molecule has 10 heteroatoms. The van der Waals surface area contributed by atoms with E-state index in [9.17, 15) is 14.7 Å². The SMILES string of the molecule is C[C@@H]1CCCCO[C@@H](CN(C)Cc2ccc3c(c2)OCO3)[C@H](C)CN([C@@H](C)CO)C(=O)c2cc(NC(=O)Cc3ccccc3)ccc2O1. The third kappa shape index (κ3) is 9.49. The van der Waals surface area contributed by atoms with Gasteiger partial charge in [0.15, 0.2) is 11.5 Å². The van der Waals surface area contributed by atoms with Crippen LogP contribution in [-0.2, 0) is 22.5 Å². The fraction of sp³-hybridized carbons (Fsp3) is 0.474. The Morgan fingerprint density at radius 3 is 2.56 bits per heavy atom. The number of nitrogens with one attached hydrogen (secondary N) is 1. The predicted molar refractivity (Wildman–Crippen MR) is 185 cm³/mol. The Labute approximate surface area is 283 Å². The molecule has 258 valence electrons. The van der Waals surface area contributed by atoms with E-state index in [1.54, 1.807) is 23.1 Å². The standard InChI is InChI=1S/C38H49N3O7/c1-26-21-41(27(2)24-42)38(44)32-20-31(39-37(43)19-29-11-6-5-7-12-29)14-16-33(32)48-28(3)10-8-9-17-45-36(26)23-40(4)22-30-13-15-34-35(18-30)47-25-46-34/h5-7,11-16,18,20,26-28,36,42H,8-10,17,19,21-25H2,1-4H3,(H,39,43)/t26-,27+,28-,36+/m1/s1. The highest BCUT2D eigenvalue weighted by molar-refractivity contribution is 6.00. The number of fused-ring (bicyclic) bond motifs is 2. The molecule has 0 spiro atoms. The molecule has 5 rings (SSSR count). The second kappa shape index (κ2) is 16.8. The van der Waals surface area contributed by atoms with Gasteiger partial charge in [-0.15, -0.1) is 0 Å². The molecular formula is C38H49N3O7. The summed E-state index contributed by atoms with van der Waals surface area (Å²) in [6.07, 6.45) is 2.52. The second-order valence-corrected chi connectivity index (χ2v) is 13.1. The molecule has 2 heterocycles. The lowest BCUT2D eigenvalue weighted by Crippen LogP contribution is -2.47. The Hall–Kier alpha value is -4.12. The number of amides is 2. The van der Waals surface area contributed by atoms with E-state index in [1.807, 2.05) is 62.4 Å². The Kier molecular flexibility index (Phi) is 12.3. The lowest BCUT2D eigenvalue weighted by molar-refractivity contribution is -0.115. The molecule has 0 radical (unpaired) electrons. The fourth-order valence-corrected chi connectivity index (χ4v) is 6.17. The summed E-state index contributed by atoms with van der Waals surface area (Å²) in [4.78, 5) is 31.2. The van der Waals surface area contributed by atoms with Gasteiger partial charge in [-0.05, 0) is 81.6 Å². The summed E-state index contributed by atoms with van der Waals surface area (Å²) in [5.41, 5.74) is 2.87. The van der Waals surface area contributed by atoms with Crippen LogP contribution in [0.5, 0.6) is 17.2 Å². The van der Waals surface area contributed by atoms with E-state index in [4.69, 9.17) is 18.9 Å². The Morgan fingerprint density at radius 1 is 1.00 bits per heavy atom. The van der Waals surface area contributed by atoms with Crippen molar-refractivity contribution in [2.45, 2.75) is 71.2 Å². The minimum absolute atomic E-state index is 0.0536. The molecule has 0 bridgehead atoms. The maximum Gasteiger partial charge on any atom is 0.258 e. The summed E-state index contributed by atoms with van der Waals surface area (Å²) in [7, 11) is 2.06. The van der Waals surface area contributed by atoms with Crippen LogP contribution in [-0.4, -0.2) is 85.1 Å². The van der Waals surface area contributed by atoms with E-state index in [0.717, 1.165) is 41.9 Å². The van der Waals surface area contributed by atoms with Crippen LogP contribution in [0.25, 0.3) is 0 Å². The number of carbonyl (C=O) groups excluding carboxylic acids is 2. The van der Waals surface area contributed by atoms with Gasteiger partial charge >= 0.3 is 0 Å². The molecule has 2 amide bonds. The van der Waals surface area contributed by atoms with Crippen molar-refractivity contribution in [1.82, 2.24) is 9.80 Å². The summed E-state index contributed by atoms with van der Waals surface area (Å²) in [6, 6.07) is 20.3. The van der Waals surface area contributed by atoms with Gasteiger partial charge in [-0.3, -0.25) is 14.5 Å². The topological polar surface area (TPSA) is 110 Å². The number of aliphatic hydroxyl groups excluding tert-OH is 1. The summed E-state index contributed by atoms with van der Waals surface area (Å²) >= 11 is 0. The molecule has 2 aliphatic heterocycles. The number of likely N-dealkylation sites (N-methyl/N-ethyl adjacent to an activating group) is 1. The smallest absolute Gasteiger partial charge is 0.258 e. The van der Waals surface area contributed by atoms with E-state index in [1.165, 1.54) is 0 Å². The largest absolute Gasteiger partial charge is 0.490 e. The highest BCUT2D eigenvalue weighted by Gasteiger charge is 2.30. The van der Waals surface area contributed by atoms with Crippen LogP contribution >= 0.6 is 0 Å². The molecule has 0 fully saturated rings. The summed E-state index contributed by atoms with van der Waals surface area (Å²) in [5, 5.41) is 13.2. The van der Waals surface area contributed by atoms with Crippen molar-refractivity contribution >= 4 is 17.5 Å². The molecule has 0 unspecified atom stereocenters. The van der Waals surface area contributed by atoms with Gasteiger partial charge in [0.2, 0.25) is 12.7 Å². The first kappa shape index (κ1) is 35.2. The molecule has 4 atom stereocenters. The van der Waals surface area contributed by atoms with Gasteiger partial charge in [-0.2, -0.15) is 0 Å². The third-order valence-electron chi connectivity index (χ3n) is 8.92. The van der Waals surface area contributed by atoms with Gasteiger partial charge in [0.25, 0.3) is 5.91 Å². The number of carbonyl (C=O) groups is 2. The molecular weight excluding hydrogens is 610 g/mol. The maximum absolute atomic E-state index is 14.4. The zero-order valence-electron chi connectivity index (χ0n) is 28.5. The van der Waals surface area contributed by atoms with E-state index in [0.29, 0.717) is 43.2 Å². The Balaban J connectivity index is 1.36. The van der Waals surface area contributed by atoms with Gasteiger partial charge in [0.05, 0.1) is 36.8 Å². The minimum atomic E-state index is -0.457. The van der Waals surface area contributed by atoms with Gasteiger partial charge in [-0.25, -0.2) is 0 Å². The van der Waals surface area contributed by atoms with E-state index < -0.39 is 6.04 Å². The molecule has 2 aliphatic rings. The van der Waals surface area contributed by atoms with Crippen LogP contribution in [0.15, 0.2) is 66.7 Å². The van der Waals surface area contributed by atoms with Crippen molar-refractivity contribution in [2.24, 2.45) is 5.92 Å². The van der Waals surface area contributed by atoms with Crippen molar-refractivity contribution in [3.05, 3.63) is 83.4 Å². The van der Waals surface area contributed by atoms with Gasteiger partial charge < -0.3 is 34.3 Å². The van der Waals surface area contributed by atoms with Crippen molar-refractivity contribution < 1.29 is 33.6 Å². The summed E-state index contributed by atoms with van der Waals surface area (Å²) < 4.78 is 23.9.